The molecular formula is C12H10. The van der Waals surface area contributed by atoms with E-state index in [0.29, 0.717) is 6.42 Å². The fraction of sp³-hybridized carbons (Fsp3) is 0.0833. The normalized spacial score (nSPS) is 10.4. The Morgan fingerprint density at radius 3 is 2.50 bits per heavy atom. The summed E-state index contributed by atoms with van der Waals surface area (Å²) in [6, 6.07) is 14.5. The van der Waals surface area contributed by atoms with Crippen LogP contribution in [0.5, 0.6) is 0 Å². The first-order valence-electron chi connectivity index (χ1n) is 4.08. The Bertz CT molecular complexity index is 383. The van der Waals surface area contributed by atoms with E-state index in [4.69, 9.17) is 6.92 Å². The molecule has 0 heteroatoms. The molecule has 0 heterocycles. The maximum atomic E-state index is 5.62. The van der Waals surface area contributed by atoms with E-state index >= 15 is 0 Å². The quantitative estimate of drug-likeness (QED) is 0.592. The highest BCUT2D eigenvalue weighted by molar-refractivity contribution is 5.85. The van der Waals surface area contributed by atoms with Crippen molar-refractivity contribution in [3.63, 3.8) is 0 Å². The van der Waals surface area contributed by atoms with Crippen LogP contribution in [0.3, 0.4) is 0 Å². The van der Waals surface area contributed by atoms with Gasteiger partial charge in [0, 0.05) is 0 Å². The zero-order valence-corrected chi connectivity index (χ0v) is 6.83. The number of benzene rings is 2. The van der Waals surface area contributed by atoms with Crippen molar-refractivity contribution < 1.29 is 0 Å². The third-order valence-electron chi connectivity index (χ3n) is 2.10. The molecule has 0 aromatic heterocycles. The largest absolute Gasteiger partial charge is 0.0616 e. The summed E-state index contributed by atoms with van der Waals surface area (Å²) in [4.78, 5) is 0. The molecule has 0 aliphatic rings. The van der Waals surface area contributed by atoms with Crippen LogP contribution >= 0.6 is 0 Å². The summed E-state index contributed by atoms with van der Waals surface area (Å²) < 4.78 is 0. The molecule has 0 bridgehead atoms. The number of rotatable bonds is 1. The minimum Gasteiger partial charge on any atom is -0.0616 e. The van der Waals surface area contributed by atoms with E-state index in [1.165, 1.54) is 16.3 Å². The monoisotopic (exact) mass is 154 g/mol. The Labute approximate surface area is 72.8 Å². The van der Waals surface area contributed by atoms with Gasteiger partial charge in [0.25, 0.3) is 0 Å². The molecular weight excluding hydrogens is 144 g/mol. The second kappa shape index (κ2) is 2.98. The van der Waals surface area contributed by atoms with Crippen molar-refractivity contribution in [2.24, 2.45) is 0 Å². The van der Waals surface area contributed by atoms with Gasteiger partial charge >= 0.3 is 0 Å². The van der Waals surface area contributed by atoms with Gasteiger partial charge in [-0.1, -0.05) is 42.5 Å². The lowest BCUT2D eigenvalue weighted by atomic mass is 10.0. The summed E-state index contributed by atoms with van der Waals surface area (Å²) in [5.41, 5.74) is 1.22. The van der Waals surface area contributed by atoms with Crippen molar-refractivity contribution >= 4 is 10.8 Å². The molecule has 0 N–H and O–H groups in total. The predicted molar refractivity (Wildman–Crippen MR) is 52.0 cm³/mol. The lowest BCUT2D eigenvalue weighted by molar-refractivity contribution is 1.30. The lowest BCUT2D eigenvalue weighted by Gasteiger charge is -2.02. The van der Waals surface area contributed by atoms with E-state index in [-0.39, 0.29) is 0 Å². The van der Waals surface area contributed by atoms with E-state index < -0.39 is 0 Å². The summed E-state index contributed by atoms with van der Waals surface area (Å²) in [7, 11) is 0. The molecule has 0 spiro atoms. The van der Waals surface area contributed by atoms with Gasteiger partial charge in [-0.25, -0.2) is 0 Å². The van der Waals surface area contributed by atoms with Crippen molar-refractivity contribution in [2.75, 3.05) is 0 Å². The molecule has 0 fully saturated rings. The fourth-order valence-corrected chi connectivity index (χ4v) is 1.47. The van der Waals surface area contributed by atoms with Crippen LogP contribution < -0.4 is 0 Å². The standard InChI is InChI=1S/C12H10/c1-2-10-7-5-8-11-6-3-4-9-12(10)11/h1,3-9H,2H2. The molecule has 0 atom stereocenters. The first-order valence-corrected chi connectivity index (χ1v) is 4.08. The molecule has 0 saturated heterocycles. The summed E-state index contributed by atoms with van der Waals surface area (Å²) in [6.07, 6.45) is 0.612. The highest BCUT2D eigenvalue weighted by Gasteiger charge is 1.95. The van der Waals surface area contributed by atoms with Crippen molar-refractivity contribution in [1.29, 1.82) is 0 Å². The van der Waals surface area contributed by atoms with E-state index in [9.17, 15) is 0 Å². The van der Waals surface area contributed by atoms with Crippen LogP contribution in [0.15, 0.2) is 42.5 Å². The summed E-state index contributed by atoms with van der Waals surface area (Å²) in [5.74, 6) is 0. The van der Waals surface area contributed by atoms with Gasteiger partial charge in [0.15, 0.2) is 0 Å². The Morgan fingerprint density at radius 2 is 1.67 bits per heavy atom. The number of hydrogen-bond donors (Lipinski definition) is 0. The molecule has 0 unspecified atom stereocenters. The lowest BCUT2D eigenvalue weighted by Crippen LogP contribution is -1.81. The fourth-order valence-electron chi connectivity index (χ4n) is 1.47. The average molecular weight is 154 g/mol. The van der Waals surface area contributed by atoms with Gasteiger partial charge in [-0.05, 0) is 29.7 Å². The minimum atomic E-state index is 0.612. The van der Waals surface area contributed by atoms with Gasteiger partial charge in [0.1, 0.15) is 0 Å². The van der Waals surface area contributed by atoms with Gasteiger partial charge in [0.05, 0.1) is 0 Å². The van der Waals surface area contributed by atoms with Crippen molar-refractivity contribution in [3.8, 4) is 0 Å². The van der Waals surface area contributed by atoms with E-state index in [1.807, 2.05) is 18.2 Å². The predicted octanol–water partition coefficient (Wildman–Crippen LogP) is 3.09. The Kier molecular flexibility index (Phi) is 1.83. The average Bonchev–Trinajstić information content (AvgIpc) is 2.17. The molecule has 0 aliphatic carbocycles. The molecule has 0 saturated carbocycles. The molecule has 58 valence electrons. The molecule has 2 radical (unpaired) electrons. The van der Waals surface area contributed by atoms with Crippen LogP contribution in [-0.4, -0.2) is 0 Å². The SMILES string of the molecule is [CH]Cc1cccc2ccccc12. The second-order valence-corrected chi connectivity index (χ2v) is 2.84. The maximum Gasteiger partial charge on any atom is -0.0152 e. The number of fused-ring (bicyclic) bond motifs is 1. The highest BCUT2D eigenvalue weighted by atomic mass is 14.0. The first kappa shape index (κ1) is 7.35. The Hall–Kier alpha value is -1.30. The van der Waals surface area contributed by atoms with Gasteiger partial charge in [0.2, 0.25) is 0 Å². The van der Waals surface area contributed by atoms with Crippen LogP contribution in [-0.2, 0) is 6.42 Å². The van der Waals surface area contributed by atoms with E-state index in [2.05, 4.69) is 24.3 Å². The zero-order valence-electron chi connectivity index (χ0n) is 6.83. The van der Waals surface area contributed by atoms with Crippen molar-refractivity contribution in [2.45, 2.75) is 6.42 Å². The van der Waals surface area contributed by atoms with Crippen LogP contribution in [0, 0.1) is 6.92 Å². The topological polar surface area (TPSA) is 0 Å². The molecule has 0 nitrogen and oxygen atoms in total. The highest BCUT2D eigenvalue weighted by Crippen LogP contribution is 2.18. The Morgan fingerprint density at radius 1 is 0.917 bits per heavy atom. The summed E-state index contributed by atoms with van der Waals surface area (Å²) in [5, 5.41) is 2.53. The molecule has 12 heavy (non-hydrogen) atoms. The molecule has 2 aromatic rings. The van der Waals surface area contributed by atoms with E-state index in [0.717, 1.165) is 0 Å². The van der Waals surface area contributed by atoms with Crippen molar-refractivity contribution in [3.05, 3.63) is 55.0 Å². The van der Waals surface area contributed by atoms with E-state index in [1.54, 1.807) is 0 Å². The second-order valence-electron chi connectivity index (χ2n) is 2.84. The molecule has 0 aliphatic heterocycles. The van der Waals surface area contributed by atoms with Crippen LogP contribution in [0.25, 0.3) is 10.8 Å². The van der Waals surface area contributed by atoms with Gasteiger partial charge in [-0.2, -0.15) is 0 Å². The van der Waals surface area contributed by atoms with Crippen LogP contribution in [0.2, 0.25) is 0 Å². The van der Waals surface area contributed by atoms with Gasteiger partial charge in [-0.3, -0.25) is 0 Å². The van der Waals surface area contributed by atoms with Gasteiger partial charge < -0.3 is 0 Å². The minimum absolute atomic E-state index is 0.612. The van der Waals surface area contributed by atoms with Crippen LogP contribution in [0.4, 0.5) is 0 Å². The summed E-state index contributed by atoms with van der Waals surface area (Å²) in [6.45, 7) is 5.62. The molecule has 2 aromatic carbocycles. The molecule has 0 amide bonds. The maximum absolute atomic E-state index is 5.62. The summed E-state index contributed by atoms with van der Waals surface area (Å²) >= 11 is 0. The third-order valence-corrected chi connectivity index (χ3v) is 2.10. The van der Waals surface area contributed by atoms with Crippen LogP contribution in [0.1, 0.15) is 5.56 Å². The Balaban J connectivity index is 2.79. The van der Waals surface area contributed by atoms with Gasteiger partial charge in [-0.15, -0.1) is 0 Å². The zero-order chi connectivity index (χ0) is 8.39. The number of hydrogen-bond acceptors (Lipinski definition) is 0. The molecule has 2 rings (SSSR count). The smallest absolute Gasteiger partial charge is 0.0152 e. The first-order chi connectivity index (χ1) is 5.92. The third kappa shape index (κ3) is 1.10. The van der Waals surface area contributed by atoms with Crippen molar-refractivity contribution in [1.82, 2.24) is 0 Å².